The van der Waals surface area contributed by atoms with Crippen LogP contribution in [0.3, 0.4) is 0 Å². The highest BCUT2D eigenvalue weighted by Crippen LogP contribution is 2.09. The summed E-state index contributed by atoms with van der Waals surface area (Å²) in [5.41, 5.74) is 2.28. The molecule has 0 spiro atoms. The number of rotatable bonds is 6. The van der Waals surface area contributed by atoms with Crippen molar-refractivity contribution >= 4 is 0 Å². The lowest BCUT2D eigenvalue weighted by Crippen LogP contribution is -2.40. The van der Waals surface area contributed by atoms with E-state index in [1.54, 1.807) is 0 Å². The second kappa shape index (κ2) is 7.72. The van der Waals surface area contributed by atoms with Gasteiger partial charge in [-0.05, 0) is 31.5 Å². The number of hydrogen-bond donors (Lipinski definition) is 1. The van der Waals surface area contributed by atoms with Gasteiger partial charge >= 0.3 is 0 Å². The van der Waals surface area contributed by atoms with Crippen molar-refractivity contribution in [2.45, 2.75) is 40.0 Å². The maximum absolute atomic E-state index is 5.57. The lowest BCUT2D eigenvalue weighted by atomic mass is 10.2. The van der Waals surface area contributed by atoms with E-state index in [2.05, 4.69) is 49.2 Å². The molecule has 4 nitrogen and oxygen atoms in total. The average Bonchev–Trinajstić information content (AvgIpc) is 2.39. The van der Waals surface area contributed by atoms with Gasteiger partial charge in [0.25, 0.3) is 0 Å². The summed E-state index contributed by atoms with van der Waals surface area (Å²) >= 11 is 0. The van der Waals surface area contributed by atoms with Gasteiger partial charge in [-0.2, -0.15) is 0 Å². The van der Waals surface area contributed by atoms with Crippen LogP contribution >= 0.6 is 0 Å². The standard InChI is InChI=1S/C16H27N3O/c1-13(2)9-17-10-15-5-4-6-16(18-15)12-19-7-8-20-14(3)11-19/h4-6,13-14,17H,7-12H2,1-3H3. The number of pyridine rings is 1. The molecule has 1 atom stereocenters. The zero-order valence-electron chi connectivity index (χ0n) is 12.9. The normalized spacial score (nSPS) is 20.5. The number of morpholine rings is 1. The predicted molar refractivity (Wildman–Crippen MR) is 81.5 cm³/mol. The molecule has 1 aliphatic heterocycles. The Kier molecular flexibility index (Phi) is 5.95. The fourth-order valence-corrected chi connectivity index (χ4v) is 2.47. The maximum Gasteiger partial charge on any atom is 0.0674 e. The molecule has 2 rings (SSSR count). The molecule has 0 aromatic carbocycles. The average molecular weight is 277 g/mol. The van der Waals surface area contributed by atoms with Crippen LogP contribution in [-0.2, 0) is 17.8 Å². The summed E-state index contributed by atoms with van der Waals surface area (Å²) in [6.07, 6.45) is 0.333. The monoisotopic (exact) mass is 277 g/mol. The van der Waals surface area contributed by atoms with Crippen molar-refractivity contribution in [1.82, 2.24) is 15.2 Å². The molecule has 1 N–H and O–H groups in total. The fraction of sp³-hybridized carbons (Fsp3) is 0.688. The zero-order chi connectivity index (χ0) is 14.4. The number of nitrogens with one attached hydrogen (secondary N) is 1. The summed E-state index contributed by atoms with van der Waals surface area (Å²) in [7, 11) is 0. The minimum atomic E-state index is 0.333. The molecule has 0 aliphatic carbocycles. The van der Waals surface area contributed by atoms with Gasteiger partial charge in [0.05, 0.1) is 24.1 Å². The van der Waals surface area contributed by atoms with E-state index in [4.69, 9.17) is 9.72 Å². The van der Waals surface area contributed by atoms with Gasteiger partial charge in [-0.15, -0.1) is 0 Å². The van der Waals surface area contributed by atoms with Gasteiger partial charge in [0.2, 0.25) is 0 Å². The smallest absolute Gasteiger partial charge is 0.0674 e. The van der Waals surface area contributed by atoms with Crippen LogP contribution in [0.1, 0.15) is 32.2 Å². The van der Waals surface area contributed by atoms with E-state index in [1.165, 1.54) is 0 Å². The van der Waals surface area contributed by atoms with Crippen LogP contribution in [0, 0.1) is 5.92 Å². The number of nitrogens with zero attached hydrogens (tertiary/aromatic N) is 2. The first kappa shape index (κ1) is 15.4. The van der Waals surface area contributed by atoms with Crippen molar-refractivity contribution in [3.63, 3.8) is 0 Å². The molecular weight excluding hydrogens is 250 g/mol. The predicted octanol–water partition coefficient (Wildman–Crippen LogP) is 2.05. The van der Waals surface area contributed by atoms with E-state index in [-0.39, 0.29) is 0 Å². The Bertz CT molecular complexity index is 408. The van der Waals surface area contributed by atoms with Crippen molar-refractivity contribution in [3.8, 4) is 0 Å². The zero-order valence-corrected chi connectivity index (χ0v) is 12.9. The van der Waals surface area contributed by atoms with E-state index < -0.39 is 0 Å². The van der Waals surface area contributed by atoms with Crippen LogP contribution in [0.2, 0.25) is 0 Å². The summed E-state index contributed by atoms with van der Waals surface area (Å²) < 4.78 is 5.57. The molecule has 1 unspecified atom stereocenters. The van der Waals surface area contributed by atoms with Crippen molar-refractivity contribution in [2.75, 3.05) is 26.2 Å². The van der Waals surface area contributed by atoms with Gasteiger partial charge in [-0.25, -0.2) is 0 Å². The largest absolute Gasteiger partial charge is 0.376 e. The Morgan fingerprint density at radius 1 is 1.40 bits per heavy atom. The van der Waals surface area contributed by atoms with Crippen molar-refractivity contribution in [1.29, 1.82) is 0 Å². The van der Waals surface area contributed by atoms with E-state index in [0.717, 1.165) is 50.7 Å². The first-order chi connectivity index (χ1) is 9.63. The van der Waals surface area contributed by atoms with E-state index in [1.807, 2.05) is 0 Å². The first-order valence-corrected chi connectivity index (χ1v) is 7.63. The third kappa shape index (κ3) is 5.19. The minimum absolute atomic E-state index is 0.333. The van der Waals surface area contributed by atoms with Crippen LogP contribution in [0.4, 0.5) is 0 Å². The lowest BCUT2D eigenvalue weighted by Gasteiger charge is -2.30. The van der Waals surface area contributed by atoms with Crippen LogP contribution in [0.15, 0.2) is 18.2 Å². The maximum atomic E-state index is 5.57. The summed E-state index contributed by atoms with van der Waals surface area (Å²) in [5.74, 6) is 0.674. The molecule has 112 valence electrons. The van der Waals surface area contributed by atoms with Crippen molar-refractivity contribution < 1.29 is 4.74 Å². The van der Waals surface area contributed by atoms with Gasteiger partial charge in [0.1, 0.15) is 0 Å². The molecule has 0 saturated carbocycles. The van der Waals surface area contributed by atoms with Crippen LogP contribution in [-0.4, -0.2) is 42.2 Å². The second-order valence-electron chi connectivity index (χ2n) is 6.06. The Balaban J connectivity index is 1.85. The number of aromatic nitrogens is 1. The Morgan fingerprint density at radius 3 is 2.95 bits per heavy atom. The fourth-order valence-electron chi connectivity index (χ4n) is 2.47. The molecule has 1 aromatic rings. The molecule has 2 heterocycles. The number of ether oxygens (including phenoxy) is 1. The van der Waals surface area contributed by atoms with Gasteiger partial charge in [-0.3, -0.25) is 9.88 Å². The van der Waals surface area contributed by atoms with Crippen LogP contribution in [0.25, 0.3) is 0 Å². The molecule has 0 bridgehead atoms. The van der Waals surface area contributed by atoms with Gasteiger partial charge in [0.15, 0.2) is 0 Å². The highest BCUT2D eigenvalue weighted by Gasteiger charge is 2.16. The van der Waals surface area contributed by atoms with Gasteiger partial charge in [0, 0.05) is 26.2 Å². The summed E-state index contributed by atoms with van der Waals surface area (Å²) in [5, 5.41) is 3.44. The number of hydrogen-bond acceptors (Lipinski definition) is 4. The highest BCUT2D eigenvalue weighted by molar-refractivity contribution is 5.11. The SMILES string of the molecule is CC(C)CNCc1cccc(CN2CCOC(C)C2)n1. The van der Waals surface area contributed by atoms with E-state index in [0.29, 0.717) is 12.0 Å². The molecule has 1 saturated heterocycles. The summed E-state index contributed by atoms with van der Waals surface area (Å²) in [6, 6.07) is 6.32. The molecule has 1 fully saturated rings. The molecular formula is C16H27N3O. The molecule has 1 aromatic heterocycles. The third-order valence-electron chi connectivity index (χ3n) is 3.43. The minimum Gasteiger partial charge on any atom is -0.376 e. The topological polar surface area (TPSA) is 37.4 Å². The van der Waals surface area contributed by atoms with Crippen LogP contribution in [0.5, 0.6) is 0 Å². The van der Waals surface area contributed by atoms with E-state index in [9.17, 15) is 0 Å². The summed E-state index contributed by atoms with van der Waals surface area (Å²) in [4.78, 5) is 7.16. The van der Waals surface area contributed by atoms with Crippen LogP contribution < -0.4 is 5.32 Å². The quantitative estimate of drug-likeness (QED) is 0.863. The Morgan fingerprint density at radius 2 is 2.20 bits per heavy atom. The Hall–Kier alpha value is -0.970. The van der Waals surface area contributed by atoms with Gasteiger partial charge in [-0.1, -0.05) is 19.9 Å². The lowest BCUT2D eigenvalue weighted by molar-refractivity contribution is -0.0216. The molecule has 0 radical (unpaired) electrons. The Labute approximate surface area is 122 Å². The molecule has 20 heavy (non-hydrogen) atoms. The third-order valence-corrected chi connectivity index (χ3v) is 3.43. The summed E-state index contributed by atoms with van der Waals surface area (Å²) in [6.45, 7) is 12.2. The highest BCUT2D eigenvalue weighted by atomic mass is 16.5. The van der Waals surface area contributed by atoms with E-state index >= 15 is 0 Å². The molecule has 0 amide bonds. The second-order valence-corrected chi connectivity index (χ2v) is 6.06. The van der Waals surface area contributed by atoms with Gasteiger partial charge < -0.3 is 10.1 Å². The first-order valence-electron chi connectivity index (χ1n) is 7.63. The molecule has 4 heteroatoms. The molecule has 1 aliphatic rings. The van der Waals surface area contributed by atoms with Crippen molar-refractivity contribution in [3.05, 3.63) is 29.6 Å². The van der Waals surface area contributed by atoms with Crippen molar-refractivity contribution in [2.24, 2.45) is 5.92 Å².